The fourth-order valence-electron chi connectivity index (χ4n) is 2.43. The van der Waals surface area contributed by atoms with Gasteiger partial charge in [-0.2, -0.15) is 0 Å². The summed E-state index contributed by atoms with van der Waals surface area (Å²) < 4.78 is 5.68. The lowest BCUT2D eigenvalue weighted by Gasteiger charge is -2.27. The number of hydrogen-bond donors (Lipinski definition) is 2. The molecule has 0 aliphatic carbocycles. The number of guanidine groups is 1. The SMILES string of the molecule is Cc1ccc(C2CC(c3ccccc3)N=C(N)N2)o1. The van der Waals surface area contributed by atoms with Crippen molar-refractivity contribution in [1.29, 1.82) is 0 Å². The van der Waals surface area contributed by atoms with Crippen molar-refractivity contribution in [3.8, 4) is 0 Å². The van der Waals surface area contributed by atoms with Crippen molar-refractivity contribution in [1.82, 2.24) is 5.32 Å². The summed E-state index contributed by atoms with van der Waals surface area (Å²) in [4.78, 5) is 4.48. The first kappa shape index (κ1) is 11.8. The highest BCUT2D eigenvalue weighted by atomic mass is 16.3. The second kappa shape index (κ2) is 4.80. The van der Waals surface area contributed by atoms with Crippen LogP contribution in [0.2, 0.25) is 0 Å². The molecule has 0 amide bonds. The summed E-state index contributed by atoms with van der Waals surface area (Å²) in [5.74, 6) is 2.30. The van der Waals surface area contributed by atoms with Gasteiger partial charge in [0.2, 0.25) is 0 Å². The molecule has 0 bridgehead atoms. The summed E-state index contributed by atoms with van der Waals surface area (Å²) >= 11 is 0. The molecule has 4 nitrogen and oxygen atoms in total. The third kappa shape index (κ3) is 2.47. The van der Waals surface area contributed by atoms with Crippen LogP contribution in [0.15, 0.2) is 51.9 Å². The summed E-state index contributed by atoms with van der Waals surface area (Å²) in [6, 6.07) is 14.3. The van der Waals surface area contributed by atoms with Crippen LogP contribution < -0.4 is 11.1 Å². The lowest BCUT2D eigenvalue weighted by Crippen LogP contribution is -2.39. The van der Waals surface area contributed by atoms with E-state index in [1.165, 1.54) is 5.56 Å². The van der Waals surface area contributed by atoms with Gasteiger partial charge in [-0.3, -0.25) is 0 Å². The van der Waals surface area contributed by atoms with Gasteiger partial charge in [-0.15, -0.1) is 0 Å². The van der Waals surface area contributed by atoms with E-state index in [1.54, 1.807) is 0 Å². The van der Waals surface area contributed by atoms with Crippen LogP contribution in [0.5, 0.6) is 0 Å². The molecule has 1 aliphatic rings. The van der Waals surface area contributed by atoms with Crippen LogP contribution in [0.25, 0.3) is 0 Å². The molecular formula is C15H17N3O. The second-order valence-corrected chi connectivity index (χ2v) is 4.82. The lowest BCUT2D eigenvalue weighted by atomic mass is 9.97. The molecule has 19 heavy (non-hydrogen) atoms. The van der Waals surface area contributed by atoms with Crippen LogP contribution in [0.1, 0.15) is 35.6 Å². The molecule has 2 unspecified atom stereocenters. The maximum atomic E-state index is 5.89. The zero-order valence-electron chi connectivity index (χ0n) is 10.8. The largest absolute Gasteiger partial charge is 0.464 e. The Labute approximate surface area is 112 Å². The Hall–Kier alpha value is -2.23. The number of nitrogens with zero attached hydrogens (tertiary/aromatic N) is 1. The number of rotatable bonds is 2. The Kier molecular flexibility index (Phi) is 2.99. The Morgan fingerprint density at radius 1 is 1.21 bits per heavy atom. The van der Waals surface area contributed by atoms with E-state index in [0.29, 0.717) is 5.96 Å². The minimum atomic E-state index is 0.0800. The fraction of sp³-hybridized carbons (Fsp3) is 0.267. The number of nitrogens with two attached hydrogens (primary N) is 1. The average molecular weight is 255 g/mol. The number of furan rings is 1. The first-order valence-electron chi connectivity index (χ1n) is 6.43. The molecule has 2 heterocycles. The van der Waals surface area contributed by atoms with E-state index in [2.05, 4.69) is 22.4 Å². The molecule has 0 saturated heterocycles. The van der Waals surface area contributed by atoms with Crippen molar-refractivity contribution in [2.45, 2.75) is 25.4 Å². The van der Waals surface area contributed by atoms with Crippen LogP contribution in [0.3, 0.4) is 0 Å². The number of hydrogen-bond acceptors (Lipinski definition) is 4. The van der Waals surface area contributed by atoms with Crippen molar-refractivity contribution < 1.29 is 4.42 Å². The van der Waals surface area contributed by atoms with Gasteiger partial charge >= 0.3 is 0 Å². The van der Waals surface area contributed by atoms with Gasteiger partial charge in [0.25, 0.3) is 0 Å². The zero-order valence-corrected chi connectivity index (χ0v) is 10.8. The van der Waals surface area contributed by atoms with E-state index >= 15 is 0 Å². The molecule has 4 heteroatoms. The molecule has 0 radical (unpaired) electrons. The molecular weight excluding hydrogens is 238 g/mol. The van der Waals surface area contributed by atoms with Gasteiger partial charge in [-0.05, 0) is 24.6 Å². The van der Waals surface area contributed by atoms with Crippen LogP contribution >= 0.6 is 0 Å². The number of aliphatic imine (C=N–C) groups is 1. The number of aryl methyl sites for hydroxylation is 1. The van der Waals surface area contributed by atoms with Crippen molar-refractivity contribution in [3.05, 3.63) is 59.5 Å². The van der Waals surface area contributed by atoms with Gasteiger partial charge in [0.1, 0.15) is 11.5 Å². The Balaban J connectivity index is 1.86. The highest BCUT2D eigenvalue weighted by Crippen LogP contribution is 2.32. The minimum absolute atomic E-state index is 0.0800. The van der Waals surface area contributed by atoms with E-state index < -0.39 is 0 Å². The molecule has 1 aromatic heterocycles. The summed E-state index contributed by atoms with van der Waals surface area (Å²) in [6.45, 7) is 1.94. The predicted molar refractivity (Wildman–Crippen MR) is 74.7 cm³/mol. The molecule has 2 atom stereocenters. The van der Waals surface area contributed by atoms with Gasteiger partial charge in [0.05, 0.1) is 12.1 Å². The summed E-state index contributed by atoms with van der Waals surface area (Å²) in [6.07, 6.45) is 0.845. The topological polar surface area (TPSA) is 63.5 Å². The third-order valence-electron chi connectivity index (χ3n) is 3.36. The lowest BCUT2D eigenvalue weighted by molar-refractivity contribution is 0.385. The van der Waals surface area contributed by atoms with E-state index in [1.807, 2.05) is 37.3 Å². The molecule has 0 fully saturated rings. The van der Waals surface area contributed by atoms with Gasteiger partial charge in [0, 0.05) is 6.42 Å². The number of benzene rings is 1. The monoisotopic (exact) mass is 255 g/mol. The van der Waals surface area contributed by atoms with Gasteiger partial charge in [0.15, 0.2) is 5.96 Å². The maximum Gasteiger partial charge on any atom is 0.189 e. The van der Waals surface area contributed by atoms with Crippen LogP contribution in [0, 0.1) is 6.92 Å². The Bertz CT molecular complexity index is 588. The van der Waals surface area contributed by atoms with Crippen LogP contribution in [-0.2, 0) is 0 Å². The minimum Gasteiger partial charge on any atom is -0.464 e. The molecule has 1 aromatic carbocycles. The standard InChI is InChI=1S/C15H17N3O/c1-10-7-8-14(19-10)13-9-12(17-15(16)18-13)11-5-3-2-4-6-11/h2-8,12-13H,9H2,1H3,(H3,16,17,18). The van der Waals surface area contributed by atoms with E-state index in [0.717, 1.165) is 17.9 Å². The zero-order chi connectivity index (χ0) is 13.2. The van der Waals surface area contributed by atoms with Crippen molar-refractivity contribution in [3.63, 3.8) is 0 Å². The molecule has 2 aromatic rings. The van der Waals surface area contributed by atoms with Gasteiger partial charge in [-0.1, -0.05) is 30.3 Å². The highest BCUT2D eigenvalue weighted by Gasteiger charge is 2.26. The second-order valence-electron chi connectivity index (χ2n) is 4.82. The summed E-state index contributed by atoms with van der Waals surface area (Å²) in [7, 11) is 0. The molecule has 1 aliphatic heterocycles. The molecule has 3 rings (SSSR count). The first-order chi connectivity index (χ1) is 9.22. The van der Waals surface area contributed by atoms with Crippen LogP contribution in [-0.4, -0.2) is 5.96 Å². The Morgan fingerprint density at radius 2 is 2.00 bits per heavy atom. The fourth-order valence-corrected chi connectivity index (χ4v) is 2.43. The predicted octanol–water partition coefficient (Wildman–Crippen LogP) is 2.68. The van der Waals surface area contributed by atoms with E-state index in [9.17, 15) is 0 Å². The van der Waals surface area contributed by atoms with E-state index in [4.69, 9.17) is 10.2 Å². The average Bonchev–Trinajstić information content (AvgIpc) is 2.86. The third-order valence-corrected chi connectivity index (χ3v) is 3.36. The van der Waals surface area contributed by atoms with Gasteiger partial charge < -0.3 is 15.5 Å². The number of nitrogens with one attached hydrogen (secondary N) is 1. The molecule has 0 saturated carbocycles. The van der Waals surface area contributed by atoms with Crippen molar-refractivity contribution >= 4 is 5.96 Å². The molecule has 98 valence electrons. The van der Waals surface area contributed by atoms with Crippen LogP contribution in [0.4, 0.5) is 0 Å². The Morgan fingerprint density at radius 3 is 2.68 bits per heavy atom. The molecule has 3 N–H and O–H groups in total. The molecule has 0 spiro atoms. The van der Waals surface area contributed by atoms with Crippen molar-refractivity contribution in [2.75, 3.05) is 0 Å². The van der Waals surface area contributed by atoms with Crippen molar-refractivity contribution in [2.24, 2.45) is 10.7 Å². The summed E-state index contributed by atoms with van der Waals surface area (Å²) in [5, 5.41) is 3.18. The summed E-state index contributed by atoms with van der Waals surface area (Å²) in [5.41, 5.74) is 7.08. The maximum absolute atomic E-state index is 5.89. The smallest absolute Gasteiger partial charge is 0.189 e. The highest BCUT2D eigenvalue weighted by molar-refractivity contribution is 5.79. The van der Waals surface area contributed by atoms with Gasteiger partial charge in [-0.25, -0.2) is 4.99 Å². The van der Waals surface area contributed by atoms with E-state index in [-0.39, 0.29) is 12.1 Å². The first-order valence-corrected chi connectivity index (χ1v) is 6.43. The normalized spacial score (nSPS) is 22.7. The quantitative estimate of drug-likeness (QED) is 0.867.